The van der Waals surface area contributed by atoms with Crippen molar-refractivity contribution in [1.82, 2.24) is 0 Å². The van der Waals surface area contributed by atoms with Gasteiger partial charge in [-0.15, -0.1) is 0 Å². The fourth-order valence-corrected chi connectivity index (χ4v) is 6.02. The molecule has 0 aromatic heterocycles. The lowest BCUT2D eigenvalue weighted by atomic mass is 10.1. The molecular formula is C46H66O7. The Morgan fingerprint density at radius 3 is 1.21 bits per heavy atom. The lowest BCUT2D eigenvalue weighted by molar-refractivity contribution is 0.0719. The summed E-state index contributed by atoms with van der Waals surface area (Å²) >= 11 is 0. The third-order valence-corrected chi connectivity index (χ3v) is 9.29. The first kappa shape index (κ1) is 43.4. The molecule has 0 saturated carbocycles. The molecule has 0 heterocycles. The van der Waals surface area contributed by atoms with Crippen molar-refractivity contribution in [1.29, 1.82) is 0 Å². The Morgan fingerprint density at radius 1 is 0.377 bits per heavy atom. The van der Waals surface area contributed by atoms with Crippen LogP contribution in [0.1, 0.15) is 170 Å². The summed E-state index contributed by atoms with van der Waals surface area (Å²) in [4.78, 5) is 25.9. The van der Waals surface area contributed by atoms with E-state index in [0.29, 0.717) is 53.9 Å². The average molecular weight is 731 g/mol. The van der Waals surface area contributed by atoms with Crippen LogP contribution < -0.4 is 23.7 Å². The van der Waals surface area contributed by atoms with E-state index in [-0.39, 0.29) is 0 Å². The molecule has 0 fully saturated rings. The molecule has 0 N–H and O–H groups in total. The highest BCUT2D eigenvalue weighted by molar-refractivity contribution is 5.92. The predicted molar refractivity (Wildman–Crippen MR) is 215 cm³/mol. The van der Waals surface area contributed by atoms with Gasteiger partial charge in [0.2, 0.25) is 0 Å². The van der Waals surface area contributed by atoms with E-state index in [2.05, 4.69) is 20.8 Å². The minimum atomic E-state index is -0.510. The number of hydrogen-bond acceptors (Lipinski definition) is 7. The third-order valence-electron chi connectivity index (χ3n) is 9.29. The SMILES string of the molecule is CCCCCCCCCCCCOc1ccc(C(=O)Oc2ccc(OC(=O)c3ccc(OCCCCCCC)c(OCCCCCCC)c3)cc2)cc1. The summed E-state index contributed by atoms with van der Waals surface area (Å²) in [5.74, 6) is 1.64. The van der Waals surface area contributed by atoms with Crippen LogP contribution in [-0.4, -0.2) is 31.8 Å². The van der Waals surface area contributed by atoms with Gasteiger partial charge in [0.1, 0.15) is 17.2 Å². The first-order valence-electron chi connectivity index (χ1n) is 20.7. The van der Waals surface area contributed by atoms with Crippen molar-refractivity contribution in [2.24, 2.45) is 0 Å². The van der Waals surface area contributed by atoms with Crippen molar-refractivity contribution in [3.05, 3.63) is 77.9 Å². The van der Waals surface area contributed by atoms with Gasteiger partial charge in [0.15, 0.2) is 11.5 Å². The second-order valence-electron chi connectivity index (χ2n) is 14.0. The molecule has 0 bridgehead atoms. The van der Waals surface area contributed by atoms with Crippen LogP contribution in [0.2, 0.25) is 0 Å². The Morgan fingerprint density at radius 2 is 0.736 bits per heavy atom. The Bertz CT molecular complexity index is 1400. The van der Waals surface area contributed by atoms with Crippen LogP contribution in [0.5, 0.6) is 28.7 Å². The van der Waals surface area contributed by atoms with Crippen LogP contribution >= 0.6 is 0 Å². The summed E-state index contributed by atoms with van der Waals surface area (Å²) in [6.45, 7) is 8.50. The van der Waals surface area contributed by atoms with Gasteiger partial charge in [0, 0.05) is 0 Å². The highest BCUT2D eigenvalue weighted by atomic mass is 16.5. The molecule has 0 atom stereocenters. The molecule has 53 heavy (non-hydrogen) atoms. The first-order valence-corrected chi connectivity index (χ1v) is 20.7. The van der Waals surface area contributed by atoms with Gasteiger partial charge >= 0.3 is 11.9 Å². The summed E-state index contributed by atoms with van der Waals surface area (Å²) in [6.07, 6.45) is 24.3. The fraction of sp³-hybridized carbons (Fsp3) is 0.565. The first-order chi connectivity index (χ1) is 26.0. The zero-order valence-electron chi connectivity index (χ0n) is 33.0. The van der Waals surface area contributed by atoms with Gasteiger partial charge < -0.3 is 23.7 Å². The maximum Gasteiger partial charge on any atom is 0.343 e. The maximum absolute atomic E-state index is 13.1. The maximum atomic E-state index is 13.1. The summed E-state index contributed by atoms with van der Waals surface area (Å²) in [6, 6.07) is 18.6. The van der Waals surface area contributed by atoms with Crippen molar-refractivity contribution in [2.45, 2.75) is 149 Å². The largest absolute Gasteiger partial charge is 0.494 e. The number of hydrogen-bond donors (Lipinski definition) is 0. The molecule has 3 aromatic rings. The van der Waals surface area contributed by atoms with Crippen LogP contribution in [-0.2, 0) is 0 Å². The van der Waals surface area contributed by atoms with Crippen molar-refractivity contribution in [2.75, 3.05) is 19.8 Å². The fourth-order valence-electron chi connectivity index (χ4n) is 6.02. The van der Waals surface area contributed by atoms with Gasteiger partial charge in [-0.05, 0) is 86.0 Å². The van der Waals surface area contributed by atoms with E-state index in [9.17, 15) is 9.59 Å². The van der Waals surface area contributed by atoms with E-state index >= 15 is 0 Å². The summed E-state index contributed by atoms with van der Waals surface area (Å²) in [5.41, 5.74) is 0.794. The van der Waals surface area contributed by atoms with Crippen molar-refractivity contribution < 1.29 is 33.3 Å². The highest BCUT2D eigenvalue weighted by Gasteiger charge is 2.15. The topological polar surface area (TPSA) is 80.3 Å². The van der Waals surface area contributed by atoms with E-state index < -0.39 is 11.9 Å². The molecule has 7 nitrogen and oxygen atoms in total. The smallest absolute Gasteiger partial charge is 0.343 e. The van der Waals surface area contributed by atoms with E-state index in [4.69, 9.17) is 23.7 Å². The van der Waals surface area contributed by atoms with Crippen molar-refractivity contribution >= 4 is 11.9 Å². The molecular weight excluding hydrogens is 664 g/mol. The molecule has 7 heteroatoms. The zero-order valence-corrected chi connectivity index (χ0v) is 33.0. The number of unbranched alkanes of at least 4 members (excludes halogenated alkanes) is 17. The van der Waals surface area contributed by atoms with E-state index in [1.165, 1.54) is 96.3 Å². The molecule has 0 spiro atoms. The standard InChI is InChI=1S/C46H66O7/c1-4-7-10-13-14-15-16-17-20-21-34-49-40-27-24-38(25-28-40)45(47)52-41-29-31-42(32-30-41)53-46(48)39-26-33-43(50-35-22-18-11-8-5-2)44(37-39)51-36-23-19-12-9-6-3/h24-33,37H,4-23,34-36H2,1-3H3. The molecule has 0 aliphatic carbocycles. The Labute approximate surface area is 320 Å². The molecule has 0 aliphatic heterocycles. The molecule has 292 valence electrons. The monoisotopic (exact) mass is 730 g/mol. The number of carbonyl (C=O) groups excluding carboxylic acids is 2. The quantitative estimate of drug-likeness (QED) is 0.0384. The Kier molecular flexibility index (Phi) is 22.6. The van der Waals surface area contributed by atoms with E-state index in [0.717, 1.165) is 37.9 Å². The molecule has 0 unspecified atom stereocenters. The summed E-state index contributed by atoms with van der Waals surface area (Å²) < 4.78 is 29.3. The Hall–Kier alpha value is -4.00. The number of ether oxygens (including phenoxy) is 5. The van der Waals surface area contributed by atoms with E-state index in [1.807, 2.05) is 0 Å². The normalized spacial score (nSPS) is 10.9. The lowest BCUT2D eigenvalue weighted by Crippen LogP contribution is -2.10. The third kappa shape index (κ3) is 18.5. The number of benzene rings is 3. The van der Waals surface area contributed by atoms with Crippen molar-refractivity contribution in [3.63, 3.8) is 0 Å². The van der Waals surface area contributed by atoms with Gasteiger partial charge in [-0.3, -0.25) is 0 Å². The lowest BCUT2D eigenvalue weighted by Gasteiger charge is -2.14. The summed E-state index contributed by atoms with van der Waals surface area (Å²) in [5, 5.41) is 0. The van der Waals surface area contributed by atoms with Crippen LogP contribution in [0, 0.1) is 0 Å². The number of rotatable bonds is 30. The zero-order chi connectivity index (χ0) is 37.8. The minimum Gasteiger partial charge on any atom is -0.494 e. The molecule has 0 radical (unpaired) electrons. The Balaban J connectivity index is 1.43. The molecule has 0 aliphatic rings. The van der Waals surface area contributed by atoms with Crippen LogP contribution in [0.3, 0.4) is 0 Å². The molecule has 3 aromatic carbocycles. The second kappa shape index (κ2) is 27.6. The number of carbonyl (C=O) groups is 2. The van der Waals surface area contributed by atoms with Crippen molar-refractivity contribution in [3.8, 4) is 28.7 Å². The van der Waals surface area contributed by atoms with Crippen LogP contribution in [0.15, 0.2) is 66.7 Å². The van der Waals surface area contributed by atoms with E-state index in [1.54, 1.807) is 66.7 Å². The van der Waals surface area contributed by atoms with Gasteiger partial charge in [-0.1, -0.05) is 130 Å². The number of esters is 2. The van der Waals surface area contributed by atoms with Gasteiger partial charge in [0.25, 0.3) is 0 Å². The molecule has 3 rings (SSSR count). The predicted octanol–water partition coefficient (Wildman–Crippen LogP) is 13.1. The van der Waals surface area contributed by atoms with Crippen LogP contribution in [0.25, 0.3) is 0 Å². The van der Waals surface area contributed by atoms with Crippen LogP contribution in [0.4, 0.5) is 0 Å². The molecule has 0 amide bonds. The molecule has 0 saturated heterocycles. The average Bonchev–Trinajstić information content (AvgIpc) is 3.18. The highest BCUT2D eigenvalue weighted by Crippen LogP contribution is 2.30. The van der Waals surface area contributed by atoms with Gasteiger partial charge in [-0.2, -0.15) is 0 Å². The second-order valence-corrected chi connectivity index (χ2v) is 14.0. The summed E-state index contributed by atoms with van der Waals surface area (Å²) in [7, 11) is 0. The minimum absolute atomic E-state index is 0.338. The van der Waals surface area contributed by atoms with Gasteiger partial charge in [0.05, 0.1) is 30.9 Å². The van der Waals surface area contributed by atoms with Gasteiger partial charge in [-0.25, -0.2) is 9.59 Å².